The van der Waals surface area contributed by atoms with Crippen molar-refractivity contribution in [2.75, 3.05) is 0 Å². The number of rotatable bonds is 8. The third-order valence-corrected chi connectivity index (χ3v) is 6.66. The van der Waals surface area contributed by atoms with Crippen LogP contribution < -0.4 is 0 Å². The Balaban J connectivity index is 3.83. The summed E-state index contributed by atoms with van der Waals surface area (Å²) < 4.78 is 0. The standard InChI is InChI=1S/C12H22Br2Si/c1-3-5-7-9-11-15(13,14)12-10-8-6-4-2/h9-12H,3-8H2,1-2H3. The van der Waals surface area contributed by atoms with Gasteiger partial charge in [-0.05, 0) is 12.8 Å². The Morgan fingerprint density at radius 1 is 0.867 bits per heavy atom. The molecule has 0 aliphatic heterocycles. The van der Waals surface area contributed by atoms with Crippen molar-refractivity contribution in [3.63, 3.8) is 0 Å². The van der Waals surface area contributed by atoms with Crippen molar-refractivity contribution in [3.05, 3.63) is 23.6 Å². The molecular weight excluding hydrogens is 332 g/mol. The average molecular weight is 354 g/mol. The van der Waals surface area contributed by atoms with Crippen LogP contribution in [0.4, 0.5) is 0 Å². The summed E-state index contributed by atoms with van der Waals surface area (Å²) in [6.07, 6.45) is 12.1. The van der Waals surface area contributed by atoms with Crippen LogP contribution in [0.25, 0.3) is 0 Å². The number of unbranched alkanes of at least 4 members (excludes halogenated alkanes) is 4. The van der Waals surface area contributed by atoms with Crippen LogP contribution in [-0.2, 0) is 0 Å². The van der Waals surface area contributed by atoms with Crippen LogP contribution in [0.1, 0.15) is 52.4 Å². The minimum Gasteiger partial charge on any atom is -0.100 e. The quantitative estimate of drug-likeness (QED) is 0.294. The van der Waals surface area contributed by atoms with E-state index in [0.717, 1.165) is 0 Å². The first-order chi connectivity index (χ1) is 7.12. The molecule has 0 bridgehead atoms. The largest absolute Gasteiger partial charge is 0.245 e. The Morgan fingerprint density at radius 2 is 1.27 bits per heavy atom. The van der Waals surface area contributed by atoms with Gasteiger partial charge < -0.3 is 0 Å². The fourth-order valence-corrected chi connectivity index (χ4v) is 4.50. The van der Waals surface area contributed by atoms with Crippen LogP contribution in [0.5, 0.6) is 0 Å². The van der Waals surface area contributed by atoms with Gasteiger partial charge in [-0.3, -0.25) is 0 Å². The summed E-state index contributed by atoms with van der Waals surface area (Å²) in [4.78, 5) is 0. The van der Waals surface area contributed by atoms with Gasteiger partial charge in [0.15, 0.2) is 0 Å². The summed E-state index contributed by atoms with van der Waals surface area (Å²) in [5.74, 6) is 0. The summed E-state index contributed by atoms with van der Waals surface area (Å²) in [6, 6.07) is 0. The van der Waals surface area contributed by atoms with Crippen molar-refractivity contribution in [2.45, 2.75) is 52.4 Å². The van der Waals surface area contributed by atoms with Gasteiger partial charge in [0, 0.05) is 0 Å². The van der Waals surface area contributed by atoms with Crippen LogP contribution in [0.3, 0.4) is 0 Å². The lowest BCUT2D eigenvalue weighted by atomic mass is 10.2. The van der Waals surface area contributed by atoms with E-state index >= 15 is 0 Å². The van der Waals surface area contributed by atoms with Gasteiger partial charge in [-0.2, -0.15) is 0 Å². The van der Waals surface area contributed by atoms with E-state index in [9.17, 15) is 0 Å². The van der Waals surface area contributed by atoms with Gasteiger partial charge in [0.1, 0.15) is 0 Å². The van der Waals surface area contributed by atoms with E-state index in [1.165, 1.54) is 38.5 Å². The van der Waals surface area contributed by atoms with Gasteiger partial charge in [-0.1, -0.05) is 63.1 Å². The predicted molar refractivity (Wildman–Crippen MR) is 80.9 cm³/mol. The summed E-state index contributed by atoms with van der Waals surface area (Å²) in [6.45, 7) is 4.46. The first-order valence-corrected chi connectivity index (χ1v) is 12.5. The molecule has 0 fully saturated rings. The fraction of sp³-hybridized carbons (Fsp3) is 0.667. The lowest BCUT2D eigenvalue weighted by Crippen LogP contribution is -2.09. The third kappa shape index (κ3) is 10.9. The zero-order valence-electron chi connectivity index (χ0n) is 9.81. The van der Waals surface area contributed by atoms with Gasteiger partial charge in [-0.15, -0.1) is 30.6 Å². The van der Waals surface area contributed by atoms with E-state index in [4.69, 9.17) is 0 Å². The number of hydrogen-bond acceptors (Lipinski definition) is 0. The maximum absolute atomic E-state index is 3.77. The molecule has 0 spiro atoms. The molecule has 15 heavy (non-hydrogen) atoms. The van der Waals surface area contributed by atoms with Crippen LogP contribution in [-0.4, -0.2) is 5.31 Å². The smallest absolute Gasteiger partial charge is 0.100 e. The maximum atomic E-state index is 3.77. The Hall–Kier alpha value is 0.657. The molecule has 0 N–H and O–H groups in total. The molecule has 0 atom stereocenters. The van der Waals surface area contributed by atoms with Crippen molar-refractivity contribution in [1.29, 1.82) is 0 Å². The summed E-state index contributed by atoms with van der Waals surface area (Å²) >= 11 is 7.54. The lowest BCUT2D eigenvalue weighted by molar-refractivity contribution is 0.815. The molecule has 0 radical (unpaired) electrons. The van der Waals surface area contributed by atoms with E-state index in [1.54, 1.807) is 0 Å². The highest BCUT2D eigenvalue weighted by atomic mass is 79.9. The van der Waals surface area contributed by atoms with Crippen molar-refractivity contribution < 1.29 is 0 Å². The average Bonchev–Trinajstić information content (AvgIpc) is 2.20. The van der Waals surface area contributed by atoms with Crippen molar-refractivity contribution in [3.8, 4) is 0 Å². The molecule has 0 aromatic carbocycles. The van der Waals surface area contributed by atoms with E-state index in [2.05, 4.69) is 68.0 Å². The van der Waals surface area contributed by atoms with Crippen molar-refractivity contribution >= 4 is 35.9 Å². The molecular formula is C12H22Br2Si. The monoisotopic (exact) mass is 352 g/mol. The molecule has 3 heteroatoms. The second-order valence-corrected chi connectivity index (χ2v) is 16.8. The molecule has 0 aromatic rings. The fourth-order valence-electron chi connectivity index (χ4n) is 1.18. The lowest BCUT2D eigenvalue weighted by Gasteiger charge is -2.06. The Bertz CT molecular complexity index is 178. The van der Waals surface area contributed by atoms with Crippen LogP contribution in [0.15, 0.2) is 23.6 Å². The predicted octanol–water partition coefficient (Wildman–Crippen LogP) is 5.79. The molecule has 0 unspecified atom stereocenters. The highest BCUT2D eigenvalue weighted by molar-refractivity contribution is 9.51. The van der Waals surface area contributed by atoms with E-state index < -0.39 is 5.31 Å². The molecule has 0 heterocycles. The van der Waals surface area contributed by atoms with Gasteiger partial charge in [0.25, 0.3) is 0 Å². The molecule has 0 aliphatic carbocycles. The second kappa shape index (κ2) is 9.85. The Labute approximate surface area is 111 Å². The molecule has 0 aliphatic rings. The molecule has 0 saturated heterocycles. The van der Waals surface area contributed by atoms with Crippen LogP contribution >= 0.6 is 30.6 Å². The minimum absolute atomic E-state index is 1.20. The molecule has 88 valence electrons. The van der Waals surface area contributed by atoms with Crippen molar-refractivity contribution in [1.82, 2.24) is 0 Å². The summed E-state index contributed by atoms with van der Waals surface area (Å²) in [5.41, 5.74) is 4.62. The van der Waals surface area contributed by atoms with Crippen molar-refractivity contribution in [2.24, 2.45) is 0 Å². The van der Waals surface area contributed by atoms with E-state index in [1.807, 2.05) is 0 Å². The highest BCUT2D eigenvalue weighted by Gasteiger charge is 2.17. The molecule has 0 nitrogen and oxygen atoms in total. The third-order valence-electron chi connectivity index (χ3n) is 2.13. The number of halogens is 2. The van der Waals surface area contributed by atoms with E-state index in [-0.39, 0.29) is 0 Å². The van der Waals surface area contributed by atoms with Crippen LogP contribution in [0, 0.1) is 0 Å². The SMILES string of the molecule is CCCCC=C[Si](Br)(Br)C=CCCCC. The Kier molecular flexibility index (Phi) is 10.3. The zero-order valence-corrected chi connectivity index (χ0v) is 14.0. The maximum Gasteiger partial charge on any atom is 0.245 e. The number of allylic oxidation sites excluding steroid dienone is 2. The second-order valence-electron chi connectivity index (χ2n) is 3.76. The van der Waals surface area contributed by atoms with E-state index in [0.29, 0.717) is 0 Å². The highest BCUT2D eigenvalue weighted by Crippen LogP contribution is 2.24. The van der Waals surface area contributed by atoms with Gasteiger partial charge in [-0.25, -0.2) is 0 Å². The molecule has 0 aromatic heterocycles. The summed E-state index contributed by atoms with van der Waals surface area (Å²) in [7, 11) is 0. The molecule has 0 rings (SSSR count). The normalized spacial score (nSPS) is 13.1. The van der Waals surface area contributed by atoms with Gasteiger partial charge in [0.05, 0.1) is 0 Å². The topological polar surface area (TPSA) is 0 Å². The number of hydrogen-bond donors (Lipinski definition) is 0. The molecule has 0 amide bonds. The first-order valence-electron chi connectivity index (χ1n) is 5.85. The Morgan fingerprint density at radius 3 is 1.60 bits per heavy atom. The van der Waals surface area contributed by atoms with Gasteiger partial charge >= 0.3 is 0 Å². The van der Waals surface area contributed by atoms with Crippen LogP contribution in [0.2, 0.25) is 0 Å². The summed E-state index contributed by atoms with van der Waals surface area (Å²) in [5, 5.41) is -1.54. The molecule has 0 saturated carbocycles. The van der Waals surface area contributed by atoms with Gasteiger partial charge in [0.2, 0.25) is 5.31 Å². The minimum atomic E-state index is -1.54. The first kappa shape index (κ1) is 15.7. The zero-order chi connectivity index (χ0) is 11.6.